The van der Waals surface area contributed by atoms with E-state index in [0.29, 0.717) is 12.3 Å². The number of methoxy groups -OCH3 is 1. The van der Waals surface area contributed by atoms with Gasteiger partial charge in [0.2, 0.25) is 5.88 Å². The van der Waals surface area contributed by atoms with Crippen molar-refractivity contribution >= 4 is 11.7 Å². The Morgan fingerprint density at radius 1 is 1.00 bits per heavy atom. The Morgan fingerprint density at radius 2 is 1.70 bits per heavy atom. The third-order valence-electron chi connectivity index (χ3n) is 6.26. The lowest BCUT2D eigenvalue weighted by Gasteiger charge is -2.34. The van der Waals surface area contributed by atoms with Crippen molar-refractivity contribution in [1.82, 2.24) is 5.16 Å². The van der Waals surface area contributed by atoms with Crippen molar-refractivity contribution in [2.24, 2.45) is 0 Å². The third kappa shape index (κ3) is 3.02. The zero-order valence-corrected chi connectivity index (χ0v) is 17.4. The van der Waals surface area contributed by atoms with Gasteiger partial charge in [-0.25, -0.2) is 0 Å². The van der Waals surface area contributed by atoms with Gasteiger partial charge in [0.1, 0.15) is 5.75 Å². The van der Waals surface area contributed by atoms with Gasteiger partial charge in [-0.1, -0.05) is 47.1 Å². The first-order chi connectivity index (χ1) is 14.5. The molecule has 0 saturated carbocycles. The van der Waals surface area contributed by atoms with Gasteiger partial charge in [0.15, 0.2) is 5.78 Å². The molecule has 0 radical (unpaired) electrons. The number of aromatic nitrogens is 1. The lowest BCUT2D eigenvalue weighted by Crippen LogP contribution is -2.29. The number of ether oxygens (including phenoxy) is 1. The van der Waals surface area contributed by atoms with Gasteiger partial charge in [0, 0.05) is 23.6 Å². The Morgan fingerprint density at radius 3 is 2.40 bits per heavy atom. The molecule has 0 spiro atoms. The van der Waals surface area contributed by atoms with Crippen LogP contribution in [0.25, 0.3) is 0 Å². The number of carbonyl (C=O) groups excluding carboxylic acids is 1. The topological polar surface area (TPSA) is 64.4 Å². The Bertz CT molecular complexity index is 1140. The summed E-state index contributed by atoms with van der Waals surface area (Å²) in [6, 6.07) is 16.4. The van der Waals surface area contributed by atoms with Gasteiger partial charge in [-0.05, 0) is 49.4 Å². The molecule has 2 heterocycles. The quantitative estimate of drug-likeness (QED) is 0.650. The van der Waals surface area contributed by atoms with Crippen LogP contribution in [0.4, 0.5) is 5.88 Å². The van der Waals surface area contributed by atoms with Crippen molar-refractivity contribution in [1.29, 1.82) is 0 Å². The second kappa shape index (κ2) is 7.17. The maximum Gasteiger partial charge on any atom is 0.233 e. The minimum atomic E-state index is -0.146. The Labute approximate surface area is 175 Å². The van der Waals surface area contributed by atoms with E-state index in [1.165, 1.54) is 5.56 Å². The molecule has 2 aliphatic rings. The SMILES string of the molecule is COc1ccc([C@@H]2CC(=O)C3=C(C2)Nc2onc(C)c2[C@@H]3c2ccc(C)cc2)cc1. The number of fused-ring (bicyclic) bond motifs is 1. The van der Waals surface area contributed by atoms with Gasteiger partial charge in [-0.15, -0.1) is 0 Å². The summed E-state index contributed by atoms with van der Waals surface area (Å²) in [6.45, 7) is 4.00. The van der Waals surface area contributed by atoms with Crippen molar-refractivity contribution in [3.63, 3.8) is 0 Å². The molecule has 2 atom stereocenters. The molecule has 30 heavy (non-hydrogen) atoms. The predicted octanol–water partition coefficient (Wildman–Crippen LogP) is 5.26. The van der Waals surface area contributed by atoms with Crippen molar-refractivity contribution in [3.05, 3.63) is 87.7 Å². The van der Waals surface area contributed by atoms with Gasteiger partial charge >= 0.3 is 0 Å². The van der Waals surface area contributed by atoms with Gasteiger partial charge < -0.3 is 14.6 Å². The first kappa shape index (κ1) is 18.7. The minimum absolute atomic E-state index is 0.124. The molecule has 5 rings (SSSR count). The van der Waals surface area contributed by atoms with E-state index in [4.69, 9.17) is 9.26 Å². The van der Waals surface area contributed by atoms with Crippen LogP contribution in [0.5, 0.6) is 5.75 Å². The highest BCUT2D eigenvalue weighted by Crippen LogP contribution is 2.49. The molecule has 1 aliphatic heterocycles. The van der Waals surface area contributed by atoms with Crippen LogP contribution < -0.4 is 10.1 Å². The fourth-order valence-electron chi connectivity index (χ4n) is 4.68. The zero-order valence-electron chi connectivity index (χ0n) is 17.4. The molecule has 152 valence electrons. The monoisotopic (exact) mass is 400 g/mol. The second-order valence-electron chi connectivity index (χ2n) is 8.17. The number of hydrogen-bond acceptors (Lipinski definition) is 5. The number of allylic oxidation sites excluding steroid dienone is 2. The molecule has 0 unspecified atom stereocenters. The van der Waals surface area contributed by atoms with Gasteiger partial charge in [0.05, 0.1) is 18.4 Å². The molecule has 3 aromatic rings. The van der Waals surface area contributed by atoms with Crippen LogP contribution in [0.15, 0.2) is 64.3 Å². The van der Waals surface area contributed by atoms with Crippen LogP contribution in [0.3, 0.4) is 0 Å². The van der Waals surface area contributed by atoms with Gasteiger partial charge in [0.25, 0.3) is 0 Å². The summed E-state index contributed by atoms with van der Waals surface area (Å²) >= 11 is 0. The molecule has 1 aromatic heterocycles. The molecule has 1 N–H and O–H groups in total. The van der Waals surface area contributed by atoms with Crippen molar-refractivity contribution in [3.8, 4) is 5.75 Å². The van der Waals surface area contributed by atoms with Crippen molar-refractivity contribution in [2.75, 3.05) is 12.4 Å². The summed E-state index contributed by atoms with van der Waals surface area (Å²) in [7, 11) is 1.66. The Balaban J connectivity index is 1.58. The molecule has 5 nitrogen and oxygen atoms in total. The number of nitrogens with one attached hydrogen (secondary N) is 1. The molecule has 5 heteroatoms. The summed E-state index contributed by atoms with van der Waals surface area (Å²) in [4.78, 5) is 13.5. The van der Waals surface area contributed by atoms with E-state index < -0.39 is 0 Å². The Kier molecular flexibility index (Phi) is 4.46. The van der Waals surface area contributed by atoms with E-state index in [1.807, 2.05) is 31.2 Å². The first-order valence-electron chi connectivity index (χ1n) is 10.2. The molecule has 0 bridgehead atoms. The zero-order chi connectivity index (χ0) is 20.8. The molecule has 0 saturated heterocycles. The fourth-order valence-corrected chi connectivity index (χ4v) is 4.68. The summed E-state index contributed by atoms with van der Waals surface area (Å²) in [5.74, 6) is 1.63. The van der Waals surface area contributed by atoms with E-state index in [-0.39, 0.29) is 17.6 Å². The number of ketones is 1. The number of anilines is 1. The number of carbonyl (C=O) groups is 1. The van der Waals surface area contributed by atoms with Gasteiger partial charge in [-0.2, -0.15) is 0 Å². The molecule has 0 fully saturated rings. The first-order valence-corrected chi connectivity index (χ1v) is 10.2. The normalized spacial score (nSPS) is 20.4. The minimum Gasteiger partial charge on any atom is -0.497 e. The van der Waals surface area contributed by atoms with Crippen LogP contribution in [-0.2, 0) is 4.79 Å². The number of aryl methyl sites for hydroxylation is 2. The molecule has 1 aliphatic carbocycles. The second-order valence-corrected chi connectivity index (χ2v) is 8.17. The van der Waals surface area contributed by atoms with Crippen molar-refractivity contribution < 1.29 is 14.1 Å². The lowest BCUT2D eigenvalue weighted by atomic mass is 9.72. The van der Waals surface area contributed by atoms with E-state index in [9.17, 15) is 4.79 Å². The fraction of sp³-hybridized carbons (Fsp3) is 0.280. The van der Waals surface area contributed by atoms with E-state index in [0.717, 1.165) is 45.8 Å². The molecular weight excluding hydrogens is 376 g/mol. The smallest absolute Gasteiger partial charge is 0.233 e. The predicted molar refractivity (Wildman–Crippen MR) is 115 cm³/mol. The standard InChI is InChI=1S/C25H24N2O3/c1-14-4-6-17(7-5-14)23-22-15(2)27-30-25(22)26-20-12-18(13-21(28)24(20)23)16-8-10-19(29-3)11-9-16/h4-11,18,23,26H,12-13H2,1-3H3/t18-,23-/m0/s1. The third-order valence-corrected chi connectivity index (χ3v) is 6.26. The van der Waals surface area contributed by atoms with Crippen molar-refractivity contribution in [2.45, 2.75) is 38.5 Å². The average molecular weight is 400 g/mol. The summed E-state index contributed by atoms with van der Waals surface area (Å²) in [5, 5.41) is 7.57. The maximum atomic E-state index is 13.5. The lowest BCUT2D eigenvalue weighted by molar-refractivity contribution is -0.116. The maximum absolute atomic E-state index is 13.5. The number of rotatable bonds is 3. The number of hydrogen-bond donors (Lipinski definition) is 1. The number of Topliss-reactive ketones (excluding diaryl/α,β-unsaturated/α-hetero) is 1. The Hall–Kier alpha value is -3.34. The highest BCUT2D eigenvalue weighted by molar-refractivity contribution is 6.01. The van der Waals surface area contributed by atoms with E-state index in [2.05, 4.69) is 41.7 Å². The highest BCUT2D eigenvalue weighted by atomic mass is 16.5. The van der Waals surface area contributed by atoms with Gasteiger partial charge in [-0.3, -0.25) is 4.79 Å². The largest absolute Gasteiger partial charge is 0.497 e. The van der Waals surface area contributed by atoms with E-state index in [1.54, 1.807) is 7.11 Å². The van der Waals surface area contributed by atoms with E-state index >= 15 is 0 Å². The summed E-state index contributed by atoms with van der Waals surface area (Å²) in [5.41, 5.74) is 7.01. The average Bonchev–Trinajstić information content (AvgIpc) is 3.13. The van der Waals surface area contributed by atoms with Crippen LogP contribution in [0.2, 0.25) is 0 Å². The summed E-state index contributed by atoms with van der Waals surface area (Å²) in [6.07, 6.45) is 1.25. The van der Waals surface area contributed by atoms with Crippen LogP contribution >= 0.6 is 0 Å². The van der Waals surface area contributed by atoms with Crippen LogP contribution in [0, 0.1) is 13.8 Å². The highest BCUT2D eigenvalue weighted by Gasteiger charge is 2.41. The molecule has 0 amide bonds. The number of nitrogens with zero attached hydrogens (tertiary/aromatic N) is 1. The molecular formula is C25H24N2O3. The number of benzene rings is 2. The summed E-state index contributed by atoms with van der Waals surface area (Å²) < 4.78 is 10.9. The van der Waals surface area contributed by atoms with Crippen LogP contribution in [-0.4, -0.2) is 18.0 Å². The van der Waals surface area contributed by atoms with Crippen LogP contribution in [0.1, 0.15) is 52.6 Å². The molecule has 2 aromatic carbocycles.